The van der Waals surface area contributed by atoms with Crippen LogP contribution in [0.4, 0.5) is 0 Å². The monoisotopic (exact) mass is 575 g/mol. The molecule has 0 saturated heterocycles. The zero-order valence-corrected chi connectivity index (χ0v) is 24.9. The Morgan fingerprint density at radius 1 is 0.556 bits per heavy atom. The standard InChI is InChI=1S/C43H31N2/c1-3-9-40-38(7-1)42(31-17-13-29(14-18-31)28-11-12-28)39-8-2-4-10-41(39)43(40)33-20-16-30-15-19-32(22-35(30)23-33)36-24-37(27-45-26-36)34-6-5-21-44-25-34/h1-10,13-26,28H,11-12,27H2/q-1. The van der Waals surface area contributed by atoms with Gasteiger partial charge in [-0.05, 0) is 114 Å². The molecule has 0 unspecified atom stereocenters. The average molecular weight is 576 g/mol. The lowest BCUT2D eigenvalue weighted by molar-refractivity contribution is 1.13. The van der Waals surface area contributed by atoms with Gasteiger partial charge in [0.1, 0.15) is 0 Å². The Morgan fingerprint density at radius 2 is 1.18 bits per heavy atom. The normalized spacial score (nSPS) is 14.8. The maximum atomic E-state index is 4.70. The Labute approximate surface area is 263 Å². The van der Waals surface area contributed by atoms with E-state index in [9.17, 15) is 0 Å². The number of rotatable bonds is 5. The number of aromatic nitrogens is 1. The molecule has 0 spiro atoms. The summed E-state index contributed by atoms with van der Waals surface area (Å²) in [6.07, 6.45) is 10.6. The molecule has 1 aromatic heterocycles. The summed E-state index contributed by atoms with van der Waals surface area (Å²) in [5, 5.41) is 12.3. The Morgan fingerprint density at radius 3 is 1.82 bits per heavy atom. The van der Waals surface area contributed by atoms with E-state index >= 15 is 0 Å². The van der Waals surface area contributed by atoms with Crippen LogP contribution in [0.1, 0.15) is 35.4 Å². The van der Waals surface area contributed by atoms with Gasteiger partial charge in [0.05, 0.1) is 0 Å². The lowest BCUT2D eigenvalue weighted by Crippen LogP contribution is -1.97. The third-order valence-electron chi connectivity index (χ3n) is 9.50. The third kappa shape index (κ3) is 4.62. The first-order valence-electron chi connectivity index (χ1n) is 15.9. The molecule has 2 heterocycles. The molecule has 0 bridgehead atoms. The van der Waals surface area contributed by atoms with Gasteiger partial charge in [-0.3, -0.25) is 4.98 Å². The molecule has 1 aliphatic carbocycles. The molecular formula is C43H31N2-. The summed E-state index contributed by atoms with van der Waals surface area (Å²) in [4.78, 5) is 4.31. The van der Waals surface area contributed by atoms with Gasteiger partial charge in [0.25, 0.3) is 0 Å². The third-order valence-corrected chi connectivity index (χ3v) is 9.50. The molecule has 0 amide bonds. The molecule has 7 aromatic rings. The van der Waals surface area contributed by atoms with Crippen LogP contribution in [0.3, 0.4) is 0 Å². The summed E-state index contributed by atoms with van der Waals surface area (Å²) >= 11 is 0. The number of benzene rings is 6. The molecule has 2 aliphatic rings. The van der Waals surface area contributed by atoms with Crippen molar-refractivity contribution in [3.63, 3.8) is 0 Å². The van der Waals surface area contributed by atoms with Crippen molar-refractivity contribution in [2.75, 3.05) is 6.54 Å². The molecule has 214 valence electrons. The molecule has 1 aliphatic heterocycles. The van der Waals surface area contributed by atoms with E-state index in [0.29, 0.717) is 6.54 Å². The molecule has 0 radical (unpaired) electrons. The van der Waals surface area contributed by atoms with E-state index in [0.717, 1.165) is 17.1 Å². The highest BCUT2D eigenvalue weighted by Crippen LogP contribution is 2.45. The van der Waals surface area contributed by atoms with E-state index in [2.05, 4.69) is 126 Å². The second kappa shape index (κ2) is 10.6. The lowest BCUT2D eigenvalue weighted by Gasteiger charge is -2.26. The number of allylic oxidation sites excluding steroid dienone is 2. The summed E-state index contributed by atoms with van der Waals surface area (Å²) in [6.45, 7) is 0.674. The van der Waals surface area contributed by atoms with Crippen molar-refractivity contribution in [1.82, 2.24) is 4.98 Å². The van der Waals surface area contributed by atoms with Gasteiger partial charge in [0.15, 0.2) is 0 Å². The van der Waals surface area contributed by atoms with E-state index in [4.69, 9.17) is 5.32 Å². The molecule has 2 nitrogen and oxygen atoms in total. The highest BCUT2D eigenvalue weighted by atomic mass is 14.8. The summed E-state index contributed by atoms with van der Waals surface area (Å²) in [5.41, 5.74) is 11.2. The fraction of sp³-hybridized carbons (Fsp3) is 0.0930. The van der Waals surface area contributed by atoms with Gasteiger partial charge in [-0.2, -0.15) is 6.20 Å². The molecule has 6 aromatic carbocycles. The van der Waals surface area contributed by atoms with Crippen molar-refractivity contribution in [2.24, 2.45) is 0 Å². The molecule has 2 heteroatoms. The van der Waals surface area contributed by atoms with Gasteiger partial charge < -0.3 is 5.32 Å². The van der Waals surface area contributed by atoms with Crippen molar-refractivity contribution in [1.29, 1.82) is 0 Å². The van der Waals surface area contributed by atoms with Crippen LogP contribution in [0, 0.1) is 0 Å². The molecule has 1 saturated carbocycles. The topological polar surface area (TPSA) is 27.0 Å². The van der Waals surface area contributed by atoms with Crippen LogP contribution in [0.5, 0.6) is 0 Å². The predicted molar refractivity (Wildman–Crippen MR) is 190 cm³/mol. The van der Waals surface area contributed by atoms with Crippen molar-refractivity contribution in [2.45, 2.75) is 18.8 Å². The summed E-state index contributed by atoms with van der Waals surface area (Å²) in [7, 11) is 0. The van der Waals surface area contributed by atoms with Crippen molar-refractivity contribution in [3.8, 4) is 22.3 Å². The number of nitrogens with zero attached hydrogens (tertiary/aromatic N) is 2. The van der Waals surface area contributed by atoms with Crippen LogP contribution < -0.4 is 0 Å². The maximum Gasteiger partial charge on any atom is 0.0342 e. The highest BCUT2D eigenvalue weighted by Gasteiger charge is 2.23. The minimum atomic E-state index is 0.674. The molecule has 9 rings (SSSR count). The molecule has 0 N–H and O–H groups in total. The summed E-state index contributed by atoms with van der Waals surface area (Å²) in [6, 6.07) is 45.0. The van der Waals surface area contributed by atoms with E-state index in [-0.39, 0.29) is 0 Å². The number of pyridine rings is 1. The first kappa shape index (κ1) is 26.0. The van der Waals surface area contributed by atoms with Gasteiger partial charge in [-0.15, -0.1) is 6.54 Å². The fourth-order valence-corrected chi connectivity index (χ4v) is 7.07. The predicted octanol–water partition coefficient (Wildman–Crippen LogP) is 11.6. The quantitative estimate of drug-likeness (QED) is 0.188. The summed E-state index contributed by atoms with van der Waals surface area (Å²) in [5.74, 6) is 0.756. The molecule has 45 heavy (non-hydrogen) atoms. The number of hydrogen-bond acceptors (Lipinski definition) is 1. The first-order chi connectivity index (χ1) is 22.3. The zero-order chi connectivity index (χ0) is 29.7. The second-order valence-corrected chi connectivity index (χ2v) is 12.4. The fourth-order valence-electron chi connectivity index (χ4n) is 7.07. The average Bonchev–Trinajstić information content (AvgIpc) is 3.97. The Bertz CT molecular complexity index is 2250. The van der Waals surface area contributed by atoms with Crippen LogP contribution in [0.15, 0.2) is 146 Å². The van der Waals surface area contributed by atoms with E-state index in [1.54, 1.807) is 0 Å². The van der Waals surface area contributed by atoms with Gasteiger partial charge in [0, 0.05) is 12.4 Å². The first-order valence-corrected chi connectivity index (χ1v) is 15.9. The van der Waals surface area contributed by atoms with Crippen LogP contribution in [-0.4, -0.2) is 11.5 Å². The van der Waals surface area contributed by atoms with E-state index < -0.39 is 0 Å². The van der Waals surface area contributed by atoms with Crippen molar-refractivity contribution in [3.05, 3.63) is 168 Å². The van der Waals surface area contributed by atoms with Crippen LogP contribution in [0.2, 0.25) is 0 Å². The highest BCUT2D eigenvalue weighted by molar-refractivity contribution is 6.21. The van der Waals surface area contributed by atoms with Gasteiger partial charge in [-0.25, -0.2) is 0 Å². The summed E-state index contributed by atoms with van der Waals surface area (Å²) < 4.78 is 0. The molecular weight excluding hydrogens is 544 g/mol. The molecule has 0 atom stereocenters. The van der Waals surface area contributed by atoms with E-state index in [1.165, 1.54) is 84.1 Å². The van der Waals surface area contributed by atoms with Crippen LogP contribution >= 0.6 is 0 Å². The van der Waals surface area contributed by atoms with E-state index in [1.807, 2.05) is 24.7 Å². The van der Waals surface area contributed by atoms with Gasteiger partial charge in [-0.1, -0.05) is 115 Å². The number of hydrogen-bond donors (Lipinski definition) is 0. The van der Waals surface area contributed by atoms with Crippen molar-refractivity contribution >= 4 is 43.5 Å². The minimum Gasteiger partial charge on any atom is -0.686 e. The smallest absolute Gasteiger partial charge is 0.0342 e. The lowest BCUT2D eigenvalue weighted by atomic mass is 9.85. The minimum absolute atomic E-state index is 0.674. The number of fused-ring (bicyclic) bond motifs is 3. The zero-order valence-electron chi connectivity index (χ0n) is 24.9. The van der Waals surface area contributed by atoms with Crippen molar-refractivity contribution < 1.29 is 0 Å². The SMILES string of the molecule is C1=C(c2ccc3ccc(-c4c5ccccc5c(-c5ccc(C6CC6)cc5)c5ccccc45)cc3c2)C=C(c2cccnc2)C[N-]1. The van der Waals surface area contributed by atoms with Gasteiger partial charge >= 0.3 is 0 Å². The Kier molecular flexibility index (Phi) is 6.12. The van der Waals surface area contributed by atoms with Gasteiger partial charge in [0.2, 0.25) is 0 Å². The Balaban J connectivity index is 1.20. The van der Waals surface area contributed by atoms with Crippen LogP contribution in [0.25, 0.3) is 71.0 Å². The second-order valence-electron chi connectivity index (χ2n) is 12.4. The van der Waals surface area contributed by atoms with Crippen LogP contribution in [-0.2, 0) is 0 Å². The molecule has 1 fully saturated rings. The Hall–Kier alpha value is -5.47. The maximum absolute atomic E-state index is 4.70. The largest absolute Gasteiger partial charge is 0.686 e.